The van der Waals surface area contributed by atoms with Crippen LogP contribution in [0.4, 0.5) is 4.79 Å². The van der Waals surface area contributed by atoms with E-state index < -0.39 is 6.04 Å². The van der Waals surface area contributed by atoms with Gasteiger partial charge in [0, 0.05) is 6.54 Å². The van der Waals surface area contributed by atoms with Crippen molar-refractivity contribution < 1.29 is 19.1 Å². The van der Waals surface area contributed by atoms with Gasteiger partial charge < -0.3 is 14.4 Å². The molecule has 1 aromatic rings. The van der Waals surface area contributed by atoms with Crippen molar-refractivity contribution in [3.8, 4) is 5.75 Å². The van der Waals surface area contributed by atoms with Crippen molar-refractivity contribution in [1.29, 1.82) is 0 Å². The van der Waals surface area contributed by atoms with E-state index in [-0.39, 0.29) is 18.5 Å². The SMILES string of the molecule is COc1ccc(CN2C(=O)C3COCCN3C2=O)cc1. The Kier molecular flexibility index (Phi) is 3.31. The van der Waals surface area contributed by atoms with E-state index in [2.05, 4.69) is 0 Å². The van der Waals surface area contributed by atoms with E-state index in [1.807, 2.05) is 24.3 Å². The second-order valence-electron chi connectivity index (χ2n) is 4.84. The van der Waals surface area contributed by atoms with E-state index in [1.54, 1.807) is 12.0 Å². The molecule has 3 rings (SSSR count). The zero-order valence-electron chi connectivity index (χ0n) is 11.2. The third kappa shape index (κ3) is 2.12. The van der Waals surface area contributed by atoms with E-state index in [1.165, 1.54) is 4.90 Å². The number of amides is 3. The molecule has 1 atom stereocenters. The predicted octanol–water partition coefficient (Wildman–Crippen LogP) is 0.858. The summed E-state index contributed by atoms with van der Waals surface area (Å²) in [5.41, 5.74) is 0.897. The van der Waals surface area contributed by atoms with E-state index in [0.717, 1.165) is 11.3 Å². The van der Waals surface area contributed by atoms with Crippen molar-refractivity contribution in [3.63, 3.8) is 0 Å². The average molecular weight is 276 g/mol. The number of fused-ring (bicyclic) bond motifs is 1. The first-order valence-corrected chi connectivity index (χ1v) is 6.53. The average Bonchev–Trinajstić information content (AvgIpc) is 2.74. The minimum absolute atomic E-state index is 0.175. The summed E-state index contributed by atoms with van der Waals surface area (Å²) in [7, 11) is 1.60. The second kappa shape index (κ2) is 5.13. The minimum Gasteiger partial charge on any atom is -0.497 e. The number of hydrogen-bond acceptors (Lipinski definition) is 4. The first kappa shape index (κ1) is 12.9. The molecule has 2 aliphatic rings. The number of rotatable bonds is 3. The van der Waals surface area contributed by atoms with Gasteiger partial charge >= 0.3 is 6.03 Å². The van der Waals surface area contributed by atoms with Crippen LogP contribution in [0.3, 0.4) is 0 Å². The number of carbonyl (C=O) groups is 2. The number of imide groups is 1. The summed E-state index contributed by atoms with van der Waals surface area (Å²) in [5, 5.41) is 0. The molecule has 3 amide bonds. The number of methoxy groups -OCH3 is 1. The molecule has 0 bridgehead atoms. The quantitative estimate of drug-likeness (QED) is 0.768. The van der Waals surface area contributed by atoms with E-state index in [0.29, 0.717) is 19.8 Å². The minimum atomic E-state index is -0.450. The summed E-state index contributed by atoms with van der Waals surface area (Å²) in [6.07, 6.45) is 0. The summed E-state index contributed by atoms with van der Waals surface area (Å²) in [5.74, 6) is 0.573. The Balaban J connectivity index is 1.76. The molecule has 2 heterocycles. The van der Waals surface area contributed by atoms with Crippen LogP contribution in [0.1, 0.15) is 5.56 Å². The lowest BCUT2D eigenvalue weighted by Gasteiger charge is -2.26. The maximum absolute atomic E-state index is 12.2. The molecule has 6 nitrogen and oxygen atoms in total. The lowest BCUT2D eigenvalue weighted by molar-refractivity contribution is -0.131. The molecule has 0 radical (unpaired) electrons. The first-order valence-electron chi connectivity index (χ1n) is 6.53. The van der Waals surface area contributed by atoms with Gasteiger partial charge in [-0.2, -0.15) is 0 Å². The number of nitrogens with zero attached hydrogens (tertiary/aromatic N) is 2. The molecule has 0 aromatic heterocycles. The van der Waals surface area contributed by atoms with Crippen molar-refractivity contribution in [2.24, 2.45) is 0 Å². The Morgan fingerprint density at radius 1 is 1.30 bits per heavy atom. The molecule has 106 valence electrons. The molecule has 0 aliphatic carbocycles. The Bertz CT molecular complexity index is 504. The van der Waals surface area contributed by atoms with Crippen molar-refractivity contribution >= 4 is 11.9 Å². The molecular formula is C14H16N2O4. The van der Waals surface area contributed by atoms with Crippen LogP contribution in [-0.4, -0.2) is 54.6 Å². The van der Waals surface area contributed by atoms with Gasteiger partial charge in [0.15, 0.2) is 0 Å². The molecule has 2 saturated heterocycles. The van der Waals surface area contributed by atoms with Gasteiger partial charge in [0.25, 0.3) is 5.91 Å². The van der Waals surface area contributed by atoms with E-state index >= 15 is 0 Å². The molecule has 20 heavy (non-hydrogen) atoms. The van der Waals surface area contributed by atoms with Gasteiger partial charge in [-0.3, -0.25) is 9.69 Å². The van der Waals surface area contributed by atoms with Crippen LogP contribution in [0.2, 0.25) is 0 Å². The van der Waals surface area contributed by atoms with Crippen LogP contribution in [0.5, 0.6) is 5.75 Å². The lowest BCUT2D eigenvalue weighted by atomic mass is 10.2. The van der Waals surface area contributed by atoms with Gasteiger partial charge in [-0.1, -0.05) is 12.1 Å². The fourth-order valence-electron chi connectivity index (χ4n) is 2.53. The standard InChI is InChI=1S/C14H16N2O4/c1-19-11-4-2-10(3-5-11)8-16-13(17)12-9-20-7-6-15(12)14(16)18/h2-5,12H,6-9H2,1H3. The number of benzene rings is 1. The van der Waals surface area contributed by atoms with Crippen LogP contribution in [0, 0.1) is 0 Å². The highest BCUT2D eigenvalue weighted by Crippen LogP contribution is 2.23. The molecule has 1 aromatic carbocycles. The Morgan fingerprint density at radius 2 is 2.05 bits per heavy atom. The molecule has 6 heteroatoms. The Labute approximate surface area is 116 Å². The summed E-state index contributed by atoms with van der Waals surface area (Å²) < 4.78 is 10.4. The fourth-order valence-corrected chi connectivity index (χ4v) is 2.53. The highest BCUT2D eigenvalue weighted by atomic mass is 16.5. The van der Waals surface area contributed by atoms with Crippen LogP contribution in [0.15, 0.2) is 24.3 Å². The van der Waals surface area contributed by atoms with Crippen molar-refractivity contribution in [2.45, 2.75) is 12.6 Å². The number of urea groups is 1. The highest BCUT2D eigenvalue weighted by molar-refractivity contribution is 6.04. The fraction of sp³-hybridized carbons (Fsp3) is 0.429. The van der Waals surface area contributed by atoms with Gasteiger partial charge in [-0.05, 0) is 17.7 Å². The van der Waals surface area contributed by atoms with Gasteiger partial charge in [0.2, 0.25) is 0 Å². The molecular weight excluding hydrogens is 260 g/mol. The number of carbonyl (C=O) groups excluding carboxylic acids is 2. The second-order valence-corrected chi connectivity index (χ2v) is 4.84. The third-order valence-corrected chi connectivity index (χ3v) is 3.66. The van der Waals surface area contributed by atoms with Gasteiger partial charge in [0.05, 0.1) is 26.9 Å². The van der Waals surface area contributed by atoms with Gasteiger partial charge in [-0.15, -0.1) is 0 Å². The molecule has 1 unspecified atom stereocenters. The largest absolute Gasteiger partial charge is 0.497 e. The topological polar surface area (TPSA) is 59.1 Å². The highest BCUT2D eigenvalue weighted by Gasteiger charge is 2.46. The first-order chi connectivity index (χ1) is 9.70. The molecule has 2 aliphatic heterocycles. The smallest absolute Gasteiger partial charge is 0.327 e. The predicted molar refractivity (Wildman–Crippen MR) is 70.3 cm³/mol. The van der Waals surface area contributed by atoms with E-state index in [9.17, 15) is 9.59 Å². The van der Waals surface area contributed by atoms with Gasteiger partial charge in [-0.25, -0.2) is 4.79 Å². The van der Waals surface area contributed by atoms with Crippen molar-refractivity contribution in [2.75, 3.05) is 26.9 Å². The van der Waals surface area contributed by atoms with Crippen LogP contribution in [0.25, 0.3) is 0 Å². The summed E-state index contributed by atoms with van der Waals surface area (Å²) >= 11 is 0. The maximum atomic E-state index is 12.2. The van der Waals surface area contributed by atoms with Crippen LogP contribution in [-0.2, 0) is 16.1 Å². The summed E-state index contributed by atoms with van der Waals surface area (Å²) in [4.78, 5) is 27.4. The summed E-state index contributed by atoms with van der Waals surface area (Å²) in [6.45, 7) is 1.55. The Morgan fingerprint density at radius 3 is 2.70 bits per heavy atom. The van der Waals surface area contributed by atoms with E-state index in [4.69, 9.17) is 9.47 Å². The van der Waals surface area contributed by atoms with Crippen molar-refractivity contribution in [3.05, 3.63) is 29.8 Å². The van der Waals surface area contributed by atoms with Crippen molar-refractivity contribution in [1.82, 2.24) is 9.80 Å². The molecule has 2 fully saturated rings. The van der Waals surface area contributed by atoms with Gasteiger partial charge in [0.1, 0.15) is 11.8 Å². The normalized spacial score (nSPS) is 22.1. The maximum Gasteiger partial charge on any atom is 0.327 e. The lowest BCUT2D eigenvalue weighted by Crippen LogP contribution is -2.45. The van der Waals surface area contributed by atoms with Crippen LogP contribution < -0.4 is 4.74 Å². The third-order valence-electron chi connectivity index (χ3n) is 3.66. The number of hydrogen-bond donors (Lipinski definition) is 0. The summed E-state index contributed by atoms with van der Waals surface area (Å²) in [6, 6.07) is 6.67. The number of morpholine rings is 1. The zero-order chi connectivity index (χ0) is 14.1. The number of ether oxygens (including phenoxy) is 2. The molecule has 0 spiro atoms. The monoisotopic (exact) mass is 276 g/mol. The Hall–Kier alpha value is -2.08. The molecule has 0 N–H and O–H groups in total. The zero-order valence-corrected chi connectivity index (χ0v) is 11.2. The van der Waals surface area contributed by atoms with Crippen LogP contribution >= 0.6 is 0 Å². The molecule has 0 saturated carbocycles.